The van der Waals surface area contributed by atoms with Gasteiger partial charge >= 0.3 is 28.2 Å². The summed E-state index contributed by atoms with van der Waals surface area (Å²) in [7, 11) is -4.79. The summed E-state index contributed by atoms with van der Waals surface area (Å²) >= 11 is 0. The average Bonchev–Trinajstić information content (AvgIpc) is 2.60. The molecule has 27 heavy (non-hydrogen) atoms. The Labute approximate surface area is 158 Å². The highest BCUT2D eigenvalue weighted by Crippen LogP contribution is 2.32. The van der Waals surface area contributed by atoms with Crippen LogP contribution in [0.5, 0.6) is 0 Å². The molecule has 0 atom stereocenters. The lowest BCUT2D eigenvalue weighted by Crippen LogP contribution is -2.53. The first-order chi connectivity index (χ1) is 12.3. The van der Waals surface area contributed by atoms with Gasteiger partial charge in [0.1, 0.15) is 0 Å². The van der Waals surface area contributed by atoms with E-state index in [4.69, 9.17) is 16.0 Å². The van der Waals surface area contributed by atoms with Gasteiger partial charge in [0.2, 0.25) is 0 Å². The van der Waals surface area contributed by atoms with Crippen LogP contribution in [-0.4, -0.2) is 40.5 Å². The van der Waals surface area contributed by atoms with Gasteiger partial charge in [-0.2, -0.15) is 8.42 Å². The highest BCUT2D eigenvalue weighted by molar-refractivity contribution is 7.80. The second kappa shape index (κ2) is 8.85. The number of nitrogens with zero attached hydrogens (tertiary/aromatic N) is 4. The number of nitrogens with two attached hydrogens (primary N) is 2. The van der Waals surface area contributed by atoms with Crippen LogP contribution in [0.15, 0.2) is 0 Å². The Morgan fingerprint density at radius 2 is 1.33 bits per heavy atom. The van der Waals surface area contributed by atoms with Gasteiger partial charge < -0.3 is 21.8 Å². The topological polar surface area (TPSA) is 179 Å². The molecule has 0 aromatic carbocycles. The number of nitrogen functional groups attached to an aromatic ring is 2. The fraction of sp³-hybridized carbons (Fsp3) is 0.800. The van der Waals surface area contributed by atoms with Crippen LogP contribution in [0.25, 0.3) is 0 Å². The first-order valence-corrected chi connectivity index (χ1v) is 10.5. The predicted molar refractivity (Wildman–Crippen MR) is 97.3 cm³/mol. The Balaban J connectivity index is 0.00000261. The smallest absolute Gasteiger partial charge is 0.472 e. The predicted octanol–water partition coefficient (Wildman–Crippen LogP) is 0.455. The van der Waals surface area contributed by atoms with Crippen molar-refractivity contribution in [1.29, 1.82) is 0 Å². The van der Waals surface area contributed by atoms with Crippen molar-refractivity contribution in [3.8, 4) is 0 Å². The van der Waals surface area contributed by atoms with Gasteiger partial charge in [0.15, 0.2) is 0 Å². The summed E-state index contributed by atoms with van der Waals surface area (Å²) < 4.78 is 35.6. The third-order valence-electron chi connectivity index (χ3n) is 5.18. The van der Waals surface area contributed by atoms with Crippen LogP contribution in [0, 0.1) is 0 Å². The van der Waals surface area contributed by atoms with E-state index in [1.54, 1.807) is 0 Å². The average molecular weight is 404 g/mol. The van der Waals surface area contributed by atoms with Gasteiger partial charge in [0.25, 0.3) is 0 Å². The van der Waals surface area contributed by atoms with Gasteiger partial charge in [-0.3, -0.25) is 4.55 Å². The number of hydrogen-bond acceptors (Lipinski definition) is 9. The molecule has 1 aromatic rings. The van der Waals surface area contributed by atoms with E-state index < -0.39 is 10.4 Å². The molecule has 154 valence electrons. The Hall–Kier alpha value is -1.92. The Morgan fingerprint density at radius 1 is 0.926 bits per heavy atom. The first-order valence-electron chi connectivity index (χ1n) is 9.16. The molecule has 0 aliphatic heterocycles. The quantitative estimate of drug-likeness (QED) is 0.461. The van der Waals surface area contributed by atoms with Gasteiger partial charge in [-0.15, -0.1) is 0 Å². The summed E-state index contributed by atoms with van der Waals surface area (Å²) in [4.78, 5) is 10.7. The molecule has 2 saturated carbocycles. The molecular formula is C15H28N6O5S. The van der Waals surface area contributed by atoms with Gasteiger partial charge in [0, 0.05) is 12.1 Å². The summed E-state index contributed by atoms with van der Waals surface area (Å²) in [6, 6.07) is 0.646. The molecule has 6 N–H and O–H groups in total. The highest BCUT2D eigenvalue weighted by Gasteiger charge is 2.34. The van der Waals surface area contributed by atoms with Gasteiger partial charge in [-0.1, -0.05) is 48.5 Å². The van der Waals surface area contributed by atoms with Crippen molar-refractivity contribution in [3.05, 3.63) is 0 Å². The minimum Gasteiger partial charge on any atom is -0.870 e. The number of hydrogen-bond donors (Lipinski definition) is 3. The maximum absolute atomic E-state index is 11.0. The molecule has 0 radical (unpaired) electrons. The molecule has 0 spiro atoms. The first kappa shape index (κ1) is 21.4. The van der Waals surface area contributed by atoms with Crippen molar-refractivity contribution in [3.63, 3.8) is 0 Å². The Bertz CT molecular complexity index is 693. The molecule has 11 nitrogen and oxygen atoms in total. The summed E-state index contributed by atoms with van der Waals surface area (Å²) in [5.74, 6) is -0.155. The normalized spacial score (nSPS) is 19.3. The van der Waals surface area contributed by atoms with Crippen molar-refractivity contribution < 1.29 is 27.5 Å². The van der Waals surface area contributed by atoms with Gasteiger partial charge in [-0.05, 0) is 30.4 Å². The lowest BCUT2D eigenvalue weighted by Gasteiger charge is -2.40. The van der Waals surface area contributed by atoms with Crippen LogP contribution < -0.4 is 25.4 Å². The molecule has 3 rings (SSSR count). The third-order valence-corrected chi connectivity index (χ3v) is 5.52. The molecule has 2 fully saturated rings. The minimum absolute atomic E-state index is 0. The fourth-order valence-electron chi connectivity index (χ4n) is 4.07. The summed E-state index contributed by atoms with van der Waals surface area (Å²) in [5.41, 5.74) is 11.7. The number of anilines is 3. The maximum atomic E-state index is 11.0. The van der Waals surface area contributed by atoms with E-state index in [0.717, 1.165) is 51.4 Å². The van der Waals surface area contributed by atoms with Crippen LogP contribution in [0.2, 0.25) is 0 Å². The molecule has 0 unspecified atom stereocenters. The Kier molecular flexibility index (Phi) is 7.00. The van der Waals surface area contributed by atoms with E-state index in [9.17, 15) is 8.42 Å². The van der Waals surface area contributed by atoms with Crippen LogP contribution in [0.1, 0.15) is 64.2 Å². The summed E-state index contributed by atoms with van der Waals surface area (Å²) in [6.07, 6.45) is 11.4. The van der Waals surface area contributed by atoms with Crippen molar-refractivity contribution in [1.82, 2.24) is 9.97 Å². The SMILES string of the molecule is Nc1nc(N(C2CCCCC2)C2CCCCC2)nc(N)[n+]1OS(=O)(=O)O.[OH-]. The van der Waals surface area contributed by atoms with E-state index in [-0.39, 0.29) is 17.4 Å². The molecule has 12 heteroatoms. The second-order valence-corrected chi connectivity index (χ2v) is 8.03. The molecule has 2 aliphatic rings. The molecule has 0 bridgehead atoms. The fourth-order valence-corrected chi connectivity index (χ4v) is 4.41. The monoisotopic (exact) mass is 404 g/mol. The largest absolute Gasteiger partial charge is 0.870 e. The van der Waals surface area contributed by atoms with E-state index in [2.05, 4.69) is 19.2 Å². The highest BCUT2D eigenvalue weighted by atomic mass is 32.3. The lowest BCUT2D eigenvalue weighted by atomic mass is 9.89. The number of rotatable bonds is 5. The van der Waals surface area contributed by atoms with E-state index in [1.807, 2.05) is 0 Å². The standard InChI is InChI=1S/C15H26N6O4S.H2O/c16-13-18-15(19-14(17)21(13)25-26(22,23)24)20(11-7-3-1-4-8-11)12-9-5-2-6-10-12;/h11-12H,1-10H2,(H4,16,17,18,19,22,23,24);1H2. The van der Waals surface area contributed by atoms with Crippen molar-refractivity contribution >= 4 is 28.2 Å². The van der Waals surface area contributed by atoms with E-state index in [0.29, 0.717) is 22.8 Å². The molecule has 1 heterocycles. The van der Waals surface area contributed by atoms with E-state index >= 15 is 0 Å². The zero-order valence-corrected chi connectivity index (χ0v) is 16.0. The maximum Gasteiger partial charge on any atom is 0.472 e. The molecule has 1 aromatic heterocycles. The Morgan fingerprint density at radius 3 is 1.70 bits per heavy atom. The molecular weight excluding hydrogens is 376 g/mol. The van der Waals surface area contributed by atoms with Crippen LogP contribution in [-0.2, 0) is 10.4 Å². The minimum atomic E-state index is -4.79. The second-order valence-electron chi connectivity index (χ2n) is 7.03. The molecule has 2 aliphatic carbocycles. The van der Waals surface area contributed by atoms with E-state index in [1.165, 1.54) is 12.8 Å². The third kappa shape index (κ3) is 5.30. The summed E-state index contributed by atoms with van der Waals surface area (Å²) in [6.45, 7) is 0. The molecule has 0 amide bonds. The number of aromatic nitrogens is 3. The van der Waals surface area contributed by atoms with Crippen LogP contribution in [0.3, 0.4) is 0 Å². The van der Waals surface area contributed by atoms with Crippen molar-refractivity contribution in [2.24, 2.45) is 0 Å². The molecule has 0 saturated heterocycles. The van der Waals surface area contributed by atoms with Crippen molar-refractivity contribution in [2.45, 2.75) is 76.3 Å². The lowest BCUT2D eigenvalue weighted by molar-refractivity contribution is -0.836. The van der Waals surface area contributed by atoms with Crippen LogP contribution >= 0.6 is 0 Å². The van der Waals surface area contributed by atoms with Crippen LogP contribution in [0.4, 0.5) is 17.8 Å². The van der Waals surface area contributed by atoms with Gasteiger partial charge in [-0.25, -0.2) is 4.28 Å². The zero-order chi connectivity index (χ0) is 18.7. The summed E-state index contributed by atoms with van der Waals surface area (Å²) in [5, 5.41) is 0. The zero-order valence-electron chi connectivity index (χ0n) is 15.2. The van der Waals surface area contributed by atoms with Crippen molar-refractivity contribution in [2.75, 3.05) is 16.4 Å². The van der Waals surface area contributed by atoms with Gasteiger partial charge in [0.05, 0.1) is 0 Å².